The van der Waals surface area contributed by atoms with E-state index in [0.717, 1.165) is 11.6 Å². The van der Waals surface area contributed by atoms with E-state index < -0.39 is 5.97 Å². The third-order valence-corrected chi connectivity index (χ3v) is 3.96. The SMILES string of the molecule is CC1=C(/C=C/C(C)=C\C#C/C(C)=C/C(=O)O)C(C)(C)CCC1. The molecule has 0 saturated carbocycles. The second-order valence-electron chi connectivity index (χ2n) is 6.59. The van der Waals surface area contributed by atoms with Gasteiger partial charge in [0.15, 0.2) is 0 Å². The molecule has 0 heterocycles. The van der Waals surface area contributed by atoms with Gasteiger partial charge in [0.05, 0.1) is 0 Å². The second kappa shape index (κ2) is 7.84. The second-order valence-corrected chi connectivity index (χ2v) is 6.59. The Morgan fingerprint density at radius 2 is 2.00 bits per heavy atom. The van der Waals surface area contributed by atoms with Gasteiger partial charge in [-0.05, 0) is 62.7 Å². The van der Waals surface area contributed by atoms with Gasteiger partial charge in [-0.1, -0.05) is 43.4 Å². The molecule has 2 nitrogen and oxygen atoms in total. The van der Waals surface area contributed by atoms with E-state index in [1.807, 2.05) is 13.0 Å². The minimum atomic E-state index is -0.964. The molecule has 0 aromatic rings. The molecule has 118 valence electrons. The van der Waals surface area contributed by atoms with Crippen molar-refractivity contribution in [3.63, 3.8) is 0 Å². The predicted molar refractivity (Wildman–Crippen MR) is 92.4 cm³/mol. The van der Waals surface area contributed by atoms with Crippen LogP contribution in [0.1, 0.15) is 53.9 Å². The lowest BCUT2D eigenvalue weighted by Gasteiger charge is -2.32. The minimum absolute atomic E-state index is 0.242. The Labute approximate surface area is 134 Å². The fraction of sp³-hybridized carbons (Fsp3) is 0.450. The number of carbonyl (C=O) groups is 1. The average molecular weight is 298 g/mol. The molecule has 0 radical (unpaired) electrons. The summed E-state index contributed by atoms with van der Waals surface area (Å²) < 4.78 is 0. The Morgan fingerprint density at radius 3 is 2.59 bits per heavy atom. The fourth-order valence-electron chi connectivity index (χ4n) is 2.76. The molecule has 0 fully saturated rings. The number of hydrogen-bond donors (Lipinski definition) is 1. The van der Waals surface area contributed by atoms with Crippen LogP contribution in [0.25, 0.3) is 0 Å². The van der Waals surface area contributed by atoms with Crippen LogP contribution in [0.2, 0.25) is 0 Å². The van der Waals surface area contributed by atoms with Crippen molar-refractivity contribution < 1.29 is 9.90 Å². The smallest absolute Gasteiger partial charge is 0.329 e. The molecule has 22 heavy (non-hydrogen) atoms. The molecule has 0 unspecified atom stereocenters. The lowest BCUT2D eigenvalue weighted by molar-refractivity contribution is -0.131. The van der Waals surface area contributed by atoms with Gasteiger partial charge in [-0.25, -0.2) is 4.79 Å². The van der Waals surface area contributed by atoms with Crippen LogP contribution >= 0.6 is 0 Å². The third kappa shape index (κ3) is 5.77. The molecule has 0 aromatic heterocycles. The van der Waals surface area contributed by atoms with Crippen molar-refractivity contribution in [1.82, 2.24) is 0 Å². The van der Waals surface area contributed by atoms with E-state index in [4.69, 9.17) is 5.11 Å². The molecule has 0 aliphatic heterocycles. The van der Waals surface area contributed by atoms with Crippen LogP contribution in [0, 0.1) is 17.3 Å². The minimum Gasteiger partial charge on any atom is -0.478 e. The largest absolute Gasteiger partial charge is 0.478 e. The molecule has 0 bridgehead atoms. The van der Waals surface area contributed by atoms with Gasteiger partial charge < -0.3 is 5.11 Å². The maximum Gasteiger partial charge on any atom is 0.329 e. The Hall–Kier alpha value is -2.01. The Balaban J connectivity index is 2.84. The van der Waals surface area contributed by atoms with Crippen LogP contribution < -0.4 is 0 Å². The Kier molecular flexibility index (Phi) is 6.43. The van der Waals surface area contributed by atoms with Crippen molar-refractivity contribution >= 4 is 5.97 Å². The van der Waals surface area contributed by atoms with Gasteiger partial charge in [0, 0.05) is 11.6 Å². The van der Waals surface area contributed by atoms with Crippen LogP contribution in [0.4, 0.5) is 0 Å². The zero-order chi connectivity index (χ0) is 16.8. The molecule has 0 atom stereocenters. The summed E-state index contributed by atoms with van der Waals surface area (Å²) in [7, 11) is 0. The molecule has 1 N–H and O–H groups in total. The highest BCUT2D eigenvalue weighted by molar-refractivity contribution is 5.81. The molecule has 0 amide bonds. The maximum atomic E-state index is 10.5. The first-order chi connectivity index (χ1) is 10.2. The first kappa shape index (κ1) is 18.0. The lowest BCUT2D eigenvalue weighted by Crippen LogP contribution is -2.19. The first-order valence-electron chi connectivity index (χ1n) is 7.70. The van der Waals surface area contributed by atoms with E-state index in [1.165, 1.54) is 30.4 Å². The average Bonchev–Trinajstić information content (AvgIpc) is 2.36. The number of aliphatic carboxylic acids is 1. The normalized spacial score (nSPS) is 19.1. The number of carboxylic acids is 1. The molecule has 1 rings (SSSR count). The number of allylic oxidation sites excluding steroid dienone is 7. The zero-order valence-electron chi connectivity index (χ0n) is 14.3. The molecular weight excluding hydrogens is 272 g/mol. The van der Waals surface area contributed by atoms with E-state index in [1.54, 1.807) is 6.92 Å². The van der Waals surface area contributed by atoms with Crippen LogP contribution in [0.15, 0.2) is 46.6 Å². The van der Waals surface area contributed by atoms with Crippen LogP contribution in [-0.2, 0) is 4.79 Å². The topological polar surface area (TPSA) is 37.3 Å². The molecule has 0 spiro atoms. The lowest BCUT2D eigenvalue weighted by atomic mass is 9.72. The molecule has 1 aliphatic rings. The van der Waals surface area contributed by atoms with Crippen LogP contribution in [0.3, 0.4) is 0 Å². The highest BCUT2D eigenvalue weighted by atomic mass is 16.4. The standard InChI is InChI=1S/C20H26O2/c1-15(8-6-9-16(2)14-19(21)22)11-12-18-17(3)10-7-13-20(18,4)5/h8,11-12,14H,7,10,13H2,1-5H3,(H,21,22)/b12-11+,15-8-,16-14+. The molecule has 0 aromatic carbocycles. The van der Waals surface area contributed by atoms with Crippen LogP contribution in [-0.4, -0.2) is 11.1 Å². The monoisotopic (exact) mass is 298 g/mol. The highest BCUT2D eigenvalue weighted by Crippen LogP contribution is 2.40. The van der Waals surface area contributed by atoms with Gasteiger partial charge in [0.25, 0.3) is 0 Å². The van der Waals surface area contributed by atoms with Gasteiger partial charge in [-0.2, -0.15) is 0 Å². The number of rotatable bonds is 3. The van der Waals surface area contributed by atoms with E-state index in [2.05, 4.69) is 44.8 Å². The van der Waals surface area contributed by atoms with Gasteiger partial charge >= 0.3 is 5.97 Å². The molecule has 1 aliphatic carbocycles. The zero-order valence-corrected chi connectivity index (χ0v) is 14.3. The van der Waals surface area contributed by atoms with Crippen molar-refractivity contribution in [2.24, 2.45) is 5.41 Å². The third-order valence-electron chi connectivity index (χ3n) is 3.96. The summed E-state index contributed by atoms with van der Waals surface area (Å²) >= 11 is 0. The fourth-order valence-corrected chi connectivity index (χ4v) is 2.76. The van der Waals surface area contributed by atoms with Gasteiger partial charge in [-0.3, -0.25) is 0 Å². The summed E-state index contributed by atoms with van der Waals surface area (Å²) in [6.45, 7) is 10.5. The van der Waals surface area contributed by atoms with E-state index in [0.29, 0.717) is 5.57 Å². The molecule has 0 saturated heterocycles. The van der Waals surface area contributed by atoms with Gasteiger partial charge in [0.1, 0.15) is 0 Å². The highest BCUT2D eigenvalue weighted by Gasteiger charge is 2.26. The quantitative estimate of drug-likeness (QED) is 0.450. The number of carboxylic acid groups (broad SMARTS) is 1. The van der Waals surface area contributed by atoms with E-state index >= 15 is 0 Å². The summed E-state index contributed by atoms with van der Waals surface area (Å²) in [5, 5.41) is 8.62. The van der Waals surface area contributed by atoms with Crippen molar-refractivity contribution in [2.75, 3.05) is 0 Å². The van der Waals surface area contributed by atoms with Gasteiger partial charge in [-0.15, -0.1) is 0 Å². The maximum absolute atomic E-state index is 10.5. The van der Waals surface area contributed by atoms with Crippen molar-refractivity contribution in [2.45, 2.75) is 53.9 Å². The summed E-state index contributed by atoms with van der Waals surface area (Å²) in [6.07, 6.45) is 10.9. The van der Waals surface area contributed by atoms with Gasteiger partial charge in [0.2, 0.25) is 0 Å². The summed E-state index contributed by atoms with van der Waals surface area (Å²) in [4.78, 5) is 10.5. The predicted octanol–water partition coefficient (Wildman–Crippen LogP) is 5.05. The van der Waals surface area contributed by atoms with Crippen LogP contribution in [0.5, 0.6) is 0 Å². The number of hydrogen-bond acceptors (Lipinski definition) is 1. The van der Waals surface area contributed by atoms with Crippen molar-refractivity contribution in [3.05, 3.63) is 46.6 Å². The molecular formula is C20H26O2. The Bertz CT molecular complexity index is 614. The summed E-state index contributed by atoms with van der Waals surface area (Å²) in [5.74, 6) is 4.75. The summed E-state index contributed by atoms with van der Waals surface area (Å²) in [5.41, 5.74) is 4.77. The first-order valence-corrected chi connectivity index (χ1v) is 7.70. The van der Waals surface area contributed by atoms with E-state index in [-0.39, 0.29) is 5.41 Å². The van der Waals surface area contributed by atoms with E-state index in [9.17, 15) is 4.79 Å². The molecule has 2 heteroatoms. The van der Waals surface area contributed by atoms with Crippen molar-refractivity contribution in [3.8, 4) is 11.8 Å². The Morgan fingerprint density at radius 1 is 1.32 bits per heavy atom. The summed E-state index contributed by atoms with van der Waals surface area (Å²) in [6, 6.07) is 0. The van der Waals surface area contributed by atoms with Crippen molar-refractivity contribution in [1.29, 1.82) is 0 Å².